The summed E-state index contributed by atoms with van der Waals surface area (Å²) in [7, 11) is 0. The minimum atomic E-state index is -4.22. The third kappa shape index (κ3) is 6.37. The molecule has 108 valence electrons. The first-order valence-corrected chi connectivity index (χ1v) is 7.92. The van der Waals surface area contributed by atoms with Crippen molar-refractivity contribution in [2.75, 3.05) is 18.9 Å². The summed E-state index contributed by atoms with van der Waals surface area (Å²) in [5, 5.41) is 0. The Morgan fingerprint density at radius 1 is 1.21 bits per heavy atom. The fraction of sp³-hybridized carbons (Fsp3) is 0.455. The fourth-order valence-electron chi connectivity index (χ4n) is 1.36. The summed E-state index contributed by atoms with van der Waals surface area (Å²) in [5.74, 6) is 0.357. The molecule has 0 spiro atoms. The zero-order valence-corrected chi connectivity index (χ0v) is 13.8. The standard InChI is InChI=1S/C11H12Br2F3NOS/c12-8-5-7(1-2-17)6-9(13)10(8)18-3-4-19-11(14,15)16/h5-6H,1-4,17H2. The molecule has 19 heavy (non-hydrogen) atoms. The molecule has 1 rings (SSSR count). The molecule has 0 saturated carbocycles. The Balaban J connectivity index is 2.59. The molecule has 1 aromatic rings. The van der Waals surface area contributed by atoms with Gasteiger partial charge in [0.2, 0.25) is 0 Å². The number of rotatable bonds is 6. The normalized spacial score (nSPS) is 11.7. The first-order valence-electron chi connectivity index (χ1n) is 5.35. The molecule has 0 aliphatic carbocycles. The summed E-state index contributed by atoms with van der Waals surface area (Å²) in [5.41, 5.74) is 2.27. The van der Waals surface area contributed by atoms with Crippen molar-refractivity contribution in [2.24, 2.45) is 5.73 Å². The van der Waals surface area contributed by atoms with Crippen LogP contribution < -0.4 is 10.5 Å². The Bertz CT molecular complexity index is 406. The van der Waals surface area contributed by atoms with Crippen LogP contribution in [0.15, 0.2) is 21.1 Å². The van der Waals surface area contributed by atoms with Crippen LogP contribution >= 0.6 is 43.6 Å². The molecule has 8 heteroatoms. The summed E-state index contributed by atoms with van der Waals surface area (Å²) in [6.45, 7) is 0.513. The second kappa shape index (κ2) is 7.75. The van der Waals surface area contributed by atoms with Crippen LogP contribution in [0.5, 0.6) is 5.75 Å². The van der Waals surface area contributed by atoms with E-state index in [1.807, 2.05) is 12.1 Å². The fourth-order valence-corrected chi connectivity index (χ4v) is 3.27. The van der Waals surface area contributed by atoms with E-state index in [0.717, 1.165) is 12.0 Å². The van der Waals surface area contributed by atoms with E-state index in [9.17, 15) is 13.2 Å². The Kier molecular flexibility index (Phi) is 6.99. The average molecular weight is 423 g/mol. The second-order valence-corrected chi connectivity index (χ2v) is 6.44. The Hall–Kier alpha value is 0.0800. The third-order valence-electron chi connectivity index (χ3n) is 2.09. The van der Waals surface area contributed by atoms with Crippen LogP contribution in [0.1, 0.15) is 5.56 Å². The van der Waals surface area contributed by atoms with Gasteiger partial charge in [0.1, 0.15) is 5.75 Å². The number of hydrogen-bond donors (Lipinski definition) is 1. The highest BCUT2D eigenvalue weighted by Crippen LogP contribution is 2.35. The van der Waals surface area contributed by atoms with E-state index < -0.39 is 5.51 Å². The number of thioether (sulfide) groups is 1. The molecule has 0 aliphatic rings. The van der Waals surface area contributed by atoms with Crippen molar-refractivity contribution < 1.29 is 17.9 Å². The topological polar surface area (TPSA) is 35.2 Å². The van der Waals surface area contributed by atoms with E-state index in [4.69, 9.17) is 10.5 Å². The molecule has 0 atom stereocenters. The van der Waals surface area contributed by atoms with Crippen molar-refractivity contribution in [3.05, 3.63) is 26.6 Å². The van der Waals surface area contributed by atoms with Gasteiger partial charge < -0.3 is 10.5 Å². The Morgan fingerprint density at radius 2 is 1.79 bits per heavy atom. The van der Waals surface area contributed by atoms with E-state index >= 15 is 0 Å². The minimum absolute atomic E-state index is 0.0163. The maximum atomic E-state index is 12.0. The number of nitrogens with two attached hydrogens (primary N) is 1. The van der Waals surface area contributed by atoms with Gasteiger partial charge in [0.25, 0.3) is 0 Å². The molecule has 0 unspecified atom stereocenters. The van der Waals surface area contributed by atoms with Crippen LogP contribution in [0.25, 0.3) is 0 Å². The molecule has 2 nitrogen and oxygen atoms in total. The molecular formula is C11H12Br2F3NOS. The van der Waals surface area contributed by atoms with E-state index in [1.165, 1.54) is 0 Å². The van der Waals surface area contributed by atoms with Gasteiger partial charge in [-0.05, 0) is 74.3 Å². The number of alkyl halides is 3. The molecule has 0 saturated heterocycles. The zero-order valence-electron chi connectivity index (χ0n) is 9.77. The van der Waals surface area contributed by atoms with E-state index in [-0.39, 0.29) is 24.1 Å². The smallest absolute Gasteiger partial charge is 0.441 e. The summed E-state index contributed by atoms with van der Waals surface area (Å²) >= 11 is 6.57. The molecule has 0 fully saturated rings. The minimum Gasteiger partial charge on any atom is -0.490 e. The molecule has 0 bridgehead atoms. The average Bonchev–Trinajstić information content (AvgIpc) is 2.26. The van der Waals surface area contributed by atoms with Crippen LogP contribution in [-0.4, -0.2) is 24.4 Å². The predicted molar refractivity (Wildman–Crippen MR) is 78.6 cm³/mol. The van der Waals surface area contributed by atoms with Crippen LogP contribution in [0.4, 0.5) is 13.2 Å². The first-order chi connectivity index (χ1) is 8.83. The van der Waals surface area contributed by atoms with E-state index in [0.29, 0.717) is 21.2 Å². The maximum Gasteiger partial charge on any atom is 0.441 e. The SMILES string of the molecule is NCCc1cc(Br)c(OCCSC(F)(F)F)c(Br)c1. The lowest BCUT2D eigenvalue weighted by molar-refractivity contribution is -0.0329. The molecule has 0 aliphatic heterocycles. The summed E-state index contributed by atoms with van der Waals surface area (Å²) in [6.07, 6.45) is 0.724. The van der Waals surface area contributed by atoms with E-state index in [2.05, 4.69) is 31.9 Å². The molecule has 1 aromatic carbocycles. The van der Waals surface area contributed by atoms with Gasteiger partial charge in [-0.25, -0.2) is 0 Å². The van der Waals surface area contributed by atoms with Gasteiger partial charge in [0.05, 0.1) is 15.6 Å². The highest BCUT2D eigenvalue weighted by molar-refractivity contribution is 9.11. The quantitative estimate of drug-likeness (QED) is 0.692. The lowest BCUT2D eigenvalue weighted by Crippen LogP contribution is -2.08. The number of ether oxygens (including phenoxy) is 1. The van der Waals surface area contributed by atoms with Crippen molar-refractivity contribution >= 4 is 43.6 Å². The van der Waals surface area contributed by atoms with Crippen molar-refractivity contribution in [2.45, 2.75) is 11.9 Å². The van der Waals surface area contributed by atoms with Crippen molar-refractivity contribution in [1.82, 2.24) is 0 Å². The molecule has 0 amide bonds. The first kappa shape index (κ1) is 17.1. The zero-order chi connectivity index (χ0) is 14.5. The lowest BCUT2D eigenvalue weighted by atomic mass is 10.1. The molecular weight excluding hydrogens is 411 g/mol. The summed E-state index contributed by atoms with van der Waals surface area (Å²) in [6, 6.07) is 3.70. The van der Waals surface area contributed by atoms with Crippen LogP contribution in [0.2, 0.25) is 0 Å². The van der Waals surface area contributed by atoms with Crippen LogP contribution in [0.3, 0.4) is 0 Å². The van der Waals surface area contributed by atoms with Gasteiger partial charge in [-0.2, -0.15) is 13.2 Å². The Labute approximate surface area is 130 Å². The molecule has 2 N–H and O–H groups in total. The van der Waals surface area contributed by atoms with E-state index in [1.54, 1.807) is 0 Å². The molecule has 0 radical (unpaired) electrons. The van der Waals surface area contributed by atoms with Crippen molar-refractivity contribution in [3.8, 4) is 5.75 Å². The summed E-state index contributed by atoms with van der Waals surface area (Å²) in [4.78, 5) is 0. The van der Waals surface area contributed by atoms with Gasteiger partial charge in [-0.1, -0.05) is 0 Å². The number of benzene rings is 1. The van der Waals surface area contributed by atoms with Crippen molar-refractivity contribution in [1.29, 1.82) is 0 Å². The van der Waals surface area contributed by atoms with Crippen LogP contribution in [0, 0.1) is 0 Å². The number of halogens is 5. The van der Waals surface area contributed by atoms with Gasteiger partial charge >= 0.3 is 5.51 Å². The van der Waals surface area contributed by atoms with Crippen molar-refractivity contribution in [3.63, 3.8) is 0 Å². The van der Waals surface area contributed by atoms with Gasteiger partial charge in [-0.15, -0.1) is 0 Å². The molecule has 0 aromatic heterocycles. The predicted octanol–water partition coefficient (Wildman–Crippen LogP) is 4.34. The summed E-state index contributed by atoms with van der Waals surface area (Å²) < 4.78 is 42.6. The van der Waals surface area contributed by atoms with Gasteiger partial charge in [0.15, 0.2) is 0 Å². The largest absolute Gasteiger partial charge is 0.490 e. The monoisotopic (exact) mass is 421 g/mol. The van der Waals surface area contributed by atoms with Gasteiger partial charge in [-0.3, -0.25) is 0 Å². The highest BCUT2D eigenvalue weighted by Gasteiger charge is 2.27. The third-order valence-corrected chi connectivity index (χ3v) is 3.96. The Morgan fingerprint density at radius 3 is 2.26 bits per heavy atom. The van der Waals surface area contributed by atoms with Gasteiger partial charge in [0, 0.05) is 5.75 Å². The highest BCUT2D eigenvalue weighted by atomic mass is 79.9. The van der Waals surface area contributed by atoms with Crippen LogP contribution in [-0.2, 0) is 6.42 Å². The maximum absolute atomic E-state index is 12.0. The second-order valence-electron chi connectivity index (χ2n) is 3.57. The lowest BCUT2D eigenvalue weighted by Gasteiger charge is -2.12. The number of hydrogen-bond acceptors (Lipinski definition) is 3. The molecule has 0 heterocycles.